The highest BCUT2D eigenvalue weighted by Gasteiger charge is 2.62. The molecule has 0 bridgehead atoms. The fourth-order valence-electron chi connectivity index (χ4n) is 3.47. The minimum atomic E-state index is -0.956. The van der Waals surface area contributed by atoms with Crippen molar-refractivity contribution in [1.29, 1.82) is 0 Å². The molecule has 2 unspecified atom stereocenters. The summed E-state index contributed by atoms with van der Waals surface area (Å²) >= 11 is 0. The number of methoxy groups -OCH3 is 1. The molecule has 1 fully saturated rings. The van der Waals surface area contributed by atoms with E-state index in [0.29, 0.717) is 30.2 Å². The van der Waals surface area contributed by atoms with Crippen molar-refractivity contribution in [2.24, 2.45) is 11.1 Å². The summed E-state index contributed by atoms with van der Waals surface area (Å²) in [5.41, 5.74) is 5.71. The molecule has 0 aliphatic heterocycles. The molecule has 29 heavy (non-hydrogen) atoms. The van der Waals surface area contributed by atoms with Gasteiger partial charge >= 0.3 is 0 Å². The number of anilines is 1. The fourth-order valence-corrected chi connectivity index (χ4v) is 3.47. The van der Waals surface area contributed by atoms with Crippen LogP contribution in [-0.4, -0.2) is 31.3 Å². The molecule has 2 atom stereocenters. The Balaban J connectivity index is 0.00000300. The Morgan fingerprint density at radius 2 is 1.79 bits per heavy atom. The fraction of sp³-hybridized carbons (Fsp3) is 0.409. The molecule has 3 rings (SSSR count). The molecule has 158 valence electrons. The Bertz CT molecular complexity index is 841. The summed E-state index contributed by atoms with van der Waals surface area (Å²) in [5, 5.41) is 2.92. The summed E-state index contributed by atoms with van der Waals surface area (Å²) in [7, 11) is 1.61. The van der Waals surface area contributed by atoms with Gasteiger partial charge in [-0.25, -0.2) is 0 Å². The van der Waals surface area contributed by atoms with E-state index in [1.54, 1.807) is 37.4 Å². The minimum Gasteiger partial charge on any atom is -0.497 e. The summed E-state index contributed by atoms with van der Waals surface area (Å²) in [6.45, 7) is 6.51. The molecule has 1 saturated carbocycles. The molecular weight excluding hydrogens is 392 g/mol. The van der Waals surface area contributed by atoms with Gasteiger partial charge in [-0.1, -0.05) is 19.9 Å². The van der Waals surface area contributed by atoms with Crippen molar-refractivity contribution in [3.8, 4) is 17.2 Å². The van der Waals surface area contributed by atoms with E-state index in [1.165, 1.54) is 0 Å². The van der Waals surface area contributed by atoms with E-state index in [4.69, 9.17) is 19.9 Å². The van der Waals surface area contributed by atoms with Crippen molar-refractivity contribution in [3.05, 3.63) is 48.5 Å². The normalized spacial score (nSPS) is 22.0. The average Bonchev–Trinajstić information content (AvgIpc) is 2.69. The van der Waals surface area contributed by atoms with Crippen LogP contribution in [0.1, 0.15) is 27.2 Å². The number of amides is 1. The highest BCUT2D eigenvalue weighted by molar-refractivity contribution is 5.99. The third-order valence-electron chi connectivity index (χ3n) is 5.62. The average molecular weight is 421 g/mol. The standard InChI is InChI=1S/C22H28N2O4.ClH/c1-5-27-19-14-22(23,21(19,2)3)20(25)24-15-9-11-16(12-10-15)28-18-8-6-7-17(13-18)26-4;/h6-13,19H,5,14,23H2,1-4H3,(H,24,25);1H. The monoisotopic (exact) mass is 420 g/mol. The first-order valence-electron chi connectivity index (χ1n) is 9.44. The van der Waals surface area contributed by atoms with Crippen molar-refractivity contribution < 1.29 is 19.0 Å². The number of halogens is 1. The van der Waals surface area contributed by atoms with Gasteiger partial charge in [0.2, 0.25) is 5.91 Å². The van der Waals surface area contributed by atoms with Crippen molar-refractivity contribution in [3.63, 3.8) is 0 Å². The number of hydrogen-bond donors (Lipinski definition) is 2. The summed E-state index contributed by atoms with van der Waals surface area (Å²) < 4.78 is 16.7. The summed E-state index contributed by atoms with van der Waals surface area (Å²) in [4.78, 5) is 12.8. The zero-order valence-corrected chi connectivity index (χ0v) is 18.0. The zero-order chi connectivity index (χ0) is 20.4. The maximum absolute atomic E-state index is 12.8. The molecule has 7 heteroatoms. The van der Waals surface area contributed by atoms with Gasteiger partial charge < -0.3 is 25.3 Å². The number of carbonyl (C=O) groups excluding carboxylic acids is 1. The predicted octanol–water partition coefficient (Wildman–Crippen LogP) is 4.38. The SMILES string of the molecule is CCOC1CC(N)(C(=O)Nc2ccc(Oc3cccc(OC)c3)cc2)C1(C)C.Cl. The van der Waals surface area contributed by atoms with E-state index in [0.717, 1.165) is 5.75 Å². The predicted molar refractivity (Wildman–Crippen MR) is 116 cm³/mol. The molecular formula is C22H29ClN2O4. The van der Waals surface area contributed by atoms with Gasteiger partial charge in [0.1, 0.15) is 22.8 Å². The lowest BCUT2D eigenvalue weighted by molar-refractivity contribution is -0.166. The number of nitrogens with two attached hydrogens (primary N) is 1. The third kappa shape index (κ3) is 4.50. The van der Waals surface area contributed by atoms with E-state index in [1.807, 2.05) is 39.0 Å². The Morgan fingerprint density at radius 3 is 2.38 bits per heavy atom. The summed E-state index contributed by atoms with van der Waals surface area (Å²) in [6, 6.07) is 14.6. The first-order valence-corrected chi connectivity index (χ1v) is 9.44. The second-order valence-electron chi connectivity index (χ2n) is 7.60. The molecule has 3 N–H and O–H groups in total. The number of nitrogens with one attached hydrogen (secondary N) is 1. The Hall–Kier alpha value is -2.28. The van der Waals surface area contributed by atoms with Crippen LogP contribution >= 0.6 is 12.4 Å². The van der Waals surface area contributed by atoms with Gasteiger partial charge in [-0.05, 0) is 43.3 Å². The lowest BCUT2D eigenvalue weighted by Gasteiger charge is -2.57. The maximum atomic E-state index is 12.8. The number of rotatable bonds is 7. The van der Waals surface area contributed by atoms with E-state index >= 15 is 0 Å². The van der Waals surface area contributed by atoms with Crippen molar-refractivity contribution >= 4 is 24.0 Å². The first-order chi connectivity index (χ1) is 13.3. The lowest BCUT2D eigenvalue weighted by Crippen LogP contribution is -2.74. The summed E-state index contributed by atoms with van der Waals surface area (Å²) in [5.74, 6) is 1.86. The van der Waals surface area contributed by atoms with Crippen LogP contribution in [0.15, 0.2) is 48.5 Å². The van der Waals surface area contributed by atoms with E-state index in [9.17, 15) is 4.79 Å². The molecule has 2 aromatic rings. The second-order valence-corrected chi connectivity index (χ2v) is 7.60. The lowest BCUT2D eigenvalue weighted by atomic mass is 9.54. The topological polar surface area (TPSA) is 82.8 Å². The number of hydrogen-bond acceptors (Lipinski definition) is 5. The van der Waals surface area contributed by atoms with Crippen LogP contribution in [0.5, 0.6) is 17.2 Å². The van der Waals surface area contributed by atoms with E-state index in [-0.39, 0.29) is 24.4 Å². The smallest absolute Gasteiger partial charge is 0.245 e. The number of carbonyl (C=O) groups is 1. The molecule has 0 heterocycles. The molecule has 6 nitrogen and oxygen atoms in total. The molecule has 1 aliphatic rings. The van der Waals surface area contributed by atoms with Crippen molar-refractivity contribution in [1.82, 2.24) is 0 Å². The largest absolute Gasteiger partial charge is 0.497 e. The highest BCUT2D eigenvalue weighted by atomic mass is 35.5. The Morgan fingerprint density at radius 1 is 1.14 bits per heavy atom. The second kappa shape index (κ2) is 9.03. The Labute approximate surface area is 178 Å². The highest BCUT2D eigenvalue weighted by Crippen LogP contribution is 2.50. The quantitative estimate of drug-likeness (QED) is 0.694. The van der Waals surface area contributed by atoms with E-state index < -0.39 is 11.0 Å². The number of ether oxygens (including phenoxy) is 3. The molecule has 0 spiro atoms. The van der Waals surface area contributed by atoms with Crippen molar-refractivity contribution in [2.45, 2.75) is 38.8 Å². The first kappa shape index (κ1) is 23.0. The van der Waals surface area contributed by atoms with Crippen LogP contribution in [-0.2, 0) is 9.53 Å². The van der Waals surface area contributed by atoms with Gasteiger partial charge in [-0.15, -0.1) is 12.4 Å². The molecule has 0 aromatic heterocycles. The summed E-state index contributed by atoms with van der Waals surface area (Å²) in [6.07, 6.45) is 0.503. The van der Waals surface area contributed by atoms with Gasteiger partial charge in [-0.3, -0.25) is 4.79 Å². The van der Waals surface area contributed by atoms with Crippen LogP contribution < -0.4 is 20.5 Å². The van der Waals surface area contributed by atoms with Gasteiger partial charge in [0, 0.05) is 30.2 Å². The van der Waals surface area contributed by atoms with E-state index in [2.05, 4.69) is 5.32 Å². The minimum absolute atomic E-state index is 0. The molecule has 0 saturated heterocycles. The maximum Gasteiger partial charge on any atom is 0.245 e. The van der Waals surface area contributed by atoms with Crippen LogP contribution in [0.4, 0.5) is 5.69 Å². The van der Waals surface area contributed by atoms with Gasteiger partial charge in [-0.2, -0.15) is 0 Å². The molecule has 1 aliphatic carbocycles. The number of benzene rings is 2. The van der Waals surface area contributed by atoms with Gasteiger partial charge in [0.25, 0.3) is 0 Å². The molecule has 2 aromatic carbocycles. The molecule has 1 amide bonds. The zero-order valence-electron chi connectivity index (χ0n) is 17.2. The molecule has 0 radical (unpaired) electrons. The van der Waals surface area contributed by atoms with Crippen LogP contribution in [0.3, 0.4) is 0 Å². The van der Waals surface area contributed by atoms with Crippen LogP contribution in [0.2, 0.25) is 0 Å². The van der Waals surface area contributed by atoms with Gasteiger partial charge in [0.15, 0.2) is 0 Å². The van der Waals surface area contributed by atoms with Crippen molar-refractivity contribution in [2.75, 3.05) is 19.0 Å². The van der Waals surface area contributed by atoms with Gasteiger partial charge in [0.05, 0.1) is 13.2 Å². The van der Waals surface area contributed by atoms with Crippen LogP contribution in [0.25, 0.3) is 0 Å². The van der Waals surface area contributed by atoms with Crippen LogP contribution in [0, 0.1) is 5.41 Å². The Kier molecular flexibility index (Phi) is 7.16. The third-order valence-corrected chi connectivity index (χ3v) is 5.62.